The number of nitrogens with two attached hydrogens (primary N) is 1. The molecular formula is C11H15NO2S. The van der Waals surface area contributed by atoms with Crippen molar-refractivity contribution in [1.82, 2.24) is 0 Å². The first-order valence-electron chi connectivity index (χ1n) is 4.87. The Kier molecular flexibility index (Phi) is 4.37. The Balaban J connectivity index is 2.79. The molecule has 0 amide bonds. The predicted octanol–water partition coefficient (Wildman–Crippen LogP) is 2.01. The molecule has 3 nitrogen and oxygen atoms in total. The maximum Gasteiger partial charge on any atom is 0.161 e. The normalized spacial score (nSPS) is 9.93. The molecule has 0 aliphatic carbocycles. The van der Waals surface area contributed by atoms with Gasteiger partial charge in [0.2, 0.25) is 0 Å². The van der Waals surface area contributed by atoms with Crippen LogP contribution in [0.3, 0.4) is 0 Å². The van der Waals surface area contributed by atoms with Gasteiger partial charge in [-0.2, -0.15) is 0 Å². The number of aryl methyl sites for hydroxylation is 1. The van der Waals surface area contributed by atoms with Crippen LogP contribution in [0.1, 0.15) is 18.9 Å². The maximum atomic E-state index is 9.82. The van der Waals surface area contributed by atoms with Crippen LogP contribution in [-0.2, 0) is 6.42 Å². The first-order chi connectivity index (χ1) is 7.15. The second-order valence-corrected chi connectivity index (χ2v) is 3.69. The van der Waals surface area contributed by atoms with Gasteiger partial charge in [-0.25, -0.2) is 0 Å². The highest BCUT2D eigenvalue weighted by atomic mass is 32.1. The molecule has 0 unspecified atom stereocenters. The fourth-order valence-electron chi connectivity index (χ4n) is 1.30. The molecule has 1 rings (SSSR count). The standard InChI is InChI=1S/C11H15NO2S/c1-2-14-9-5-3-4-8(11(9)13)6-7-10(12)15/h3-5,13H,2,6-7H2,1H3,(H2,12,15). The van der Waals surface area contributed by atoms with Crippen LogP contribution >= 0.6 is 12.2 Å². The van der Waals surface area contributed by atoms with Crippen molar-refractivity contribution in [3.8, 4) is 11.5 Å². The minimum absolute atomic E-state index is 0.190. The van der Waals surface area contributed by atoms with Gasteiger partial charge in [0.1, 0.15) is 0 Å². The van der Waals surface area contributed by atoms with Crippen LogP contribution < -0.4 is 10.5 Å². The van der Waals surface area contributed by atoms with Gasteiger partial charge in [-0.15, -0.1) is 0 Å². The van der Waals surface area contributed by atoms with E-state index in [0.717, 1.165) is 5.56 Å². The largest absolute Gasteiger partial charge is 0.504 e. The topological polar surface area (TPSA) is 55.5 Å². The predicted molar refractivity (Wildman–Crippen MR) is 64.4 cm³/mol. The first kappa shape index (κ1) is 11.8. The molecule has 0 saturated carbocycles. The van der Waals surface area contributed by atoms with Crippen molar-refractivity contribution < 1.29 is 9.84 Å². The SMILES string of the molecule is CCOc1cccc(CCC(N)=S)c1O. The van der Waals surface area contributed by atoms with Gasteiger partial charge in [-0.1, -0.05) is 24.4 Å². The Morgan fingerprint density at radius 3 is 2.87 bits per heavy atom. The average Bonchev–Trinajstić information content (AvgIpc) is 2.19. The van der Waals surface area contributed by atoms with E-state index in [1.807, 2.05) is 19.1 Å². The third kappa shape index (κ3) is 3.40. The summed E-state index contributed by atoms with van der Waals surface area (Å²) in [4.78, 5) is 0.455. The molecule has 82 valence electrons. The van der Waals surface area contributed by atoms with Crippen LogP contribution in [0, 0.1) is 0 Å². The van der Waals surface area contributed by atoms with E-state index in [0.29, 0.717) is 30.2 Å². The van der Waals surface area contributed by atoms with Gasteiger partial charge in [0, 0.05) is 6.42 Å². The van der Waals surface area contributed by atoms with Crippen LogP contribution in [0.15, 0.2) is 18.2 Å². The fraction of sp³-hybridized carbons (Fsp3) is 0.364. The molecule has 1 aromatic rings. The Labute approximate surface area is 94.9 Å². The van der Waals surface area contributed by atoms with Crippen molar-refractivity contribution in [3.63, 3.8) is 0 Å². The van der Waals surface area contributed by atoms with Crippen LogP contribution in [0.5, 0.6) is 11.5 Å². The van der Waals surface area contributed by atoms with Gasteiger partial charge < -0.3 is 15.6 Å². The molecule has 0 fully saturated rings. The lowest BCUT2D eigenvalue weighted by Crippen LogP contribution is -2.08. The number of rotatable bonds is 5. The second-order valence-electron chi connectivity index (χ2n) is 3.16. The van der Waals surface area contributed by atoms with Crippen LogP contribution in [-0.4, -0.2) is 16.7 Å². The Bertz CT molecular complexity index is 352. The van der Waals surface area contributed by atoms with E-state index in [4.69, 9.17) is 22.7 Å². The number of aromatic hydroxyl groups is 1. The van der Waals surface area contributed by atoms with E-state index in [1.165, 1.54) is 0 Å². The van der Waals surface area contributed by atoms with Gasteiger partial charge in [0.25, 0.3) is 0 Å². The zero-order valence-corrected chi connectivity index (χ0v) is 9.51. The first-order valence-corrected chi connectivity index (χ1v) is 5.28. The Morgan fingerprint density at radius 2 is 2.27 bits per heavy atom. The molecule has 4 heteroatoms. The van der Waals surface area contributed by atoms with Gasteiger partial charge in [-0.05, 0) is 25.0 Å². The highest BCUT2D eigenvalue weighted by molar-refractivity contribution is 7.80. The van der Waals surface area contributed by atoms with E-state index in [2.05, 4.69) is 0 Å². The van der Waals surface area contributed by atoms with Gasteiger partial charge in [0.15, 0.2) is 11.5 Å². The number of phenolic OH excluding ortho intramolecular Hbond substituents is 1. The number of benzene rings is 1. The van der Waals surface area contributed by atoms with Gasteiger partial charge in [-0.3, -0.25) is 0 Å². The van der Waals surface area contributed by atoms with Crippen molar-refractivity contribution >= 4 is 17.2 Å². The van der Waals surface area contributed by atoms with Crippen molar-refractivity contribution in [2.45, 2.75) is 19.8 Å². The highest BCUT2D eigenvalue weighted by Gasteiger charge is 2.07. The quantitative estimate of drug-likeness (QED) is 0.753. The number of hydrogen-bond acceptors (Lipinski definition) is 3. The van der Waals surface area contributed by atoms with E-state index < -0.39 is 0 Å². The second kappa shape index (κ2) is 5.56. The summed E-state index contributed by atoms with van der Waals surface area (Å²) in [5.41, 5.74) is 6.22. The minimum atomic E-state index is 0.190. The molecule has 0 aliphatic heterocycles. The van der Waals surface area contributed by atoms with Gasteiger partial charge >= 0.3 is 0 Å². The number of phenols is 1. The van der Waals surface area contributed by atoms with Crippen LogP contribution in [0.4, 0.5) is 0 Å². The minimum Gasteiger partial charge on any atom is -0.504 e. The summed E-state index contributed by atoms with van der Waals surface area (Å²) in [6.45, 7) is 2.41. The lowest BCUT2D eigenvalue weighted by atomic mass is 10.1. The van der Waals surface area contributed by atoms with E-state index in [9.17, 15) is 5.11 Å². The molecule has 0 radical (unpaired) electrons. The molecule has 1 aromatic carbocycles. The molecule has 0 aliphatic rings. The van der Waals surface area contributed by atoms with Crippen molar-refractivity contribution in [1.29, 1.82) is 0 Å². The number of ether oxygens (including phenoxy) is 1. The number of thiocarbonyl (C=S) groups is 1. The van der Waals surface area contributed by atoms with Crippen molar-refractivity contribution in [2.24, 2.45) is 5.73 Å². The average molecular weight is 225 g/mol. The summed E-state index contributed by atoms with van der Waals surface area (Å²) in [5.74, 6) is 0.702. The van der Waals surface area contributed by atoms with Gasteiger partial charge in [0.05, 0.1) is 11.6 Å². The Morgan fingerprint density at radius 1 is 1.53 bits per heavy atom. The zero-order chi connectivity index (χ0) is 11.3. The molecule has 0 bridgehead atoms. The monoisotopic (exact) mass is 225 g/mol. The molecule has 0 spiro atoms. The summed E-state index contributed by atoms with van der Waals surface area (Å²) < 4.78 is 5.27. The lowest BCUT2D eigenvalue weighted by Gasteiger charge is -2.09. The van der Waals surface area contributed by atoms with Crippen LogP contribution in [0.2, 0.25) is 0 Å². The number of para-hydroxylation sites is 1. The molecule has 0 saturated heterocycles. The Hall–Kier alpha value is -1.29. The summed E-state index contributed by atoms with van der Waals surface area (Å²) in [7, 11) is 0. The van der Waals surface area contributed by atoms with E-state index >= 15 is 0 Å². The van der Waals surface area contributed by atoms with Crippen LogP contribution in [0.25, 0.3) is 0 Å². The summed E-state index contributed by atoms with van der Waals surface area (Å²) in [6.07, 6.45) is 1.24. The molecular weight excluding hydrogens is 210 g/mol. The van der Waals surface area contributed by atoms with Crippen molar-refractivity contribution in [2.75, 3.05) is 6.61 Å². The molecule has 0 heterocycles. The fourth-order valence-corrected chi connectivity index (χ4v) is 1.40. The summed E-state index contributed by atoms with van der Waals surface area (Å²) in [6, 6.07) is 5.43. The molecule has 3 N–H and O–H groups in total. The third-order valence-electron chi connectivity index (χ3n) is 2.02. The lowest BCUT2D eigenvalue weighted by molar-refractivity contribution is 0.316. The smallest absolute Gasteiger partial charge is 0.161 e. The molecule has 0 aromatic heterocycles. The molecule has 0 atom stereocenters. The summed E-state index contributed by atoms with van der Waals surface area (Å²) in [5, 5.41) is 9.82. The van der Waals surface area contributed by atoms with Crippen molar-refractivity contribution in [3.05, 3.63) is 23.8 Å². The zero-order valence-electron chi connectivity index (χ0n) is 8.69. The van der Waals surface area contributed by atoms with E-state index in [1.54, 1.807) is 6.07 Å². The third-order valence-corrected chi connectivity index (χ3v) is 2.23. The van der Waals surface area contributed by atoms with E-state index in [-0.39, 0.29) is 5.75 Å². The summed E-state index contributed by atoms with van der Waals surface area (Å²) >= 11 is 4.79. The number of hydrogen-bond donors (Lipinski definition) is 2. The maximum absolute atomic E-state index is 9.82. The molecule has 15 heavy (non-hydrogen) atoms. The highest BCUT2D eigenvalue weighted by Crippen LogP contribution is 2.30.